The molecule has 3 rings (SSSR count). The zero-order chi connectivity index (χ0) is 20.3. The Labute approximate surface area is 163 Å². The van der Waals surface area contributed by atoms with Crippen molar-refractivity contribution in [3.05, 3.63) is 53.8 Å². The van der Waals surface area contributed by atoms with Crippen molar-refractivity contribution < 1.29 is 27.1 Å². The molecule has 0 saturated carbocycles. The Morgan fingerprint density at radius 1 is 1.14 bits per heavy atom. The highest BCUT2D eigenvalue weighted by atomic mass is 32.2. The van der Waals surface area contributed by atoms with E-state index < -0.39 is 28.5 Å². The lowest BCUT2D eigenvalue weighted by molar-refractivity contribution is -0.120. The second-order valence-electron chi connectivity index (χ2n) is 6.44. The fourth-order valence-electron chi connectivity index (χ4n) is 2.84. The molecule has 2 aromatic rings. The molecule has 1 amide bonds. The highest BCUT2D eigenvalue weighted by molar-refractivity contribution is 7.92. The van der Waals surface area contributed by atoms with Gasteiger partial charge in [-0.3, -0.25) is 9.10 Å². The zero-order valence-electron chi connectivity index (χ0n) is 15.5. The molecule has 0 unspecified atom stereocenters. The fraction of sp³-hybridized carbons (Fsp3) is 0.316. The third-order valence-corrected chi connectivity index (χ3v) is 5.39. The number of hydrogen-bond donors (Lipinski definition) is 1. The van der Waals surface area contributed by atoms with Crippen molar-refractivity contribution in [2.75, 3.05) is 30.3 Å². The van der Waals surface area contributed by atoms with E-state index in [9.17, 15) is 17.6 Å². The van der Waals surface area contributed by atoms with Crippen molar-refractivity contribution in [3.63, 3.8) is 0 Å². The van der Waals surface area contributed by atoms with E-state index in [1.165, 1.54) is 18.2 Å². The van der Waals surface area contributed by atoms with E-state index in [0.29, 0.717) is 36.0 Å². The molecule has 150 valence electrons. The van der Waals surface area contributed by atoms with Crippen LogP contribution in [0.25, 0.3) is 0 Å². The predicted molar refractivity (Wildman–Crippen MR) is 103 cm³/mol. The third kappa shape index (κ3) is 4.72. The summed E-state index contributed by atoms with van der Waals surface area (Å²) >= 11 is 0. The van der Waals surface area contributed by atoms with Gasteiger partial charge in [0, 0.05) is 6.07 Å². The number of benzene rings is 2. The number of amides is 1. The summed E-state index contributed by atoms with van der Waals surface area (Å²) < 4.78 is 49.5. The lowest BCUT2D eigenvalue weighted by Gasteiger charge is -2.25. The summed E-state index contributed by atoms with van der Waals surface area (Å²) in [4.78, 5) is 12.5. The number of carbonyl (C=O) groups is 1. The Bertz CT molecular complexity index is 963. The molecule has 0 aromatic heterocycles. The third-order valence-electron chi connectivity index (χ3n) is 4.25. The van der Waals surface area contributed by atoms with Crippen molar-refractivity contribution in [2.45, 2.75) is 13.0 Å². The molecular formula is C19H21FN2O5S. The topological polar surface area (TPSA) is 84.9 Å². The number of hydrogen-bond acceptors (Lipinski definition) is 5. The average molecular weight is 408 g/mol. The van der Waals surface area contributed by atoms with Gasteiger partial charge in [0.15, 0.2) is 11.5 Å². The number of carbonyl (C=O) groups excluding carboxylic acids is 1. The first kappa shape index (κ1) is 19.9. The van der Waals surface area contributed by atoms with Crippen LogP contribution in [0, 0.1) is 5.82 Å². The monoisotopic (exact) mass is 408 g/mol. The molecule has 0 bridgehead atoms. The minimum Gasteiger partial charge on any atom is -0.486 e. The van der Waals surface area contributed by atoms with Crippen LogP contribution in [0.15, 0.2) is 42.5 Å². The first-order valence-electron chi connectivity index (χ1n) is 8.66. The summed E-state index contributed by atoms with van der Waals surface area (Å²) in [5.41, 5.74) is 1.01. The molecule has 1 aliphatic heterocycles. The molecule has 0 saturated heterocycles. The first-order valence-corrected chi connectivity index (χ1v) is 10.5. The Kier molecular flexibility index (Phi) is 5.73. The largest absolute Gasteiger partial charge is 0.486 e. The van der Waals surface area contributed by atoms with Gasteiger partial charge in [0.05, 0.1) is 18.0 Å². The minimum absolute atomic E-state index is 0.302. The standard InChI is InChI=1S/C19H21FN2O5S/c1-13(14-3-5-15(20)6-4-14)21-19(23)12-22(28(2,24)25)16-7-8-17-18(11-16)27-10-9-26-17/h3-8,11,13H,9-10,12H2,1-2H3,(H,21,23)/t13-/m0/s1. The summed E-state index contributed by atoms with van der Waals surface area (Å²) in [5, 5.41) is 2.73. The van der Waals surface area contributed by atoms with Crippen molar-refractivity contribution in [1.29, 1.82) is 0 Å². The molecule has 7 nitrogen and oxygen atoms in total. The summed E-state index contributed by atoms with van der Waals surface area (Å²) in [6.45, 7) is 2.13. The van der Waals surface area contributed by atoms with Crippen molar-refractivity contribution in [3.8, 4) is 11.5 Å². The highest BCUT2D eigenvalue weighted by Crippen LogP contribution is 2.34. The summed E-state index contributed by atoms with van der Waals surface area (Å²) in [6, 6.07) is 10.0. The molecule has 0 aliphatic carbocycles. The second kappa shape index (κ2) is 8.05. The molecular weight excluding hydrogens is 387 g/mol. The van der Waals surface area contributed by atoms with Crippen LogP contribution < -0.4 is 19.1 Å². The second-order valence-corrected chi connectivity index (χ2v) is 8.35. The minimum atomic E-state index is -3.72. The molecule has 1 atom stereocenters. The van der Waals surface area contributed by atoms with Crippen LogP contribution in [0.3, 0.4) is 0 Å². The summed E-state index contributed by atoms with van der Waals surface area (Å²) in [7, 11) is -3.72. The van der Waals surface area contributed by atoms with Crippen LogP contribution in [-0.4, -0.2) is 40.3 Å². The summed E-state index contributed by atoms with van der Waals surface area (Å²) in [5.74, 6) is 0.0941. The lowest BCUT2D eigenvalue weighted by Crippen LogP contribution is -2.41. The van der Waals surface area contributed by atoms with Gasteiger partial charge in [-0.05, 0) is 36.8 Å². The molecule has 9 heteroatoms. The summed E-state index contributed by atoms with van der Waals surface area (Å²) in [6.07, 6.45) is 1.03. The van der Waals surface area contributed by atoms with Crippen molar-refractivity contribution in [2.24, 2.45) is 0 Å². The number of ether oxygens (including phenoxy) is 2. The Balaban J connectivity index is 1.76. The molecule has 0 spiro atoms. The van der Waals surface area contributed by atoms with E-state index in [2.05, 4.69) is 5.32 Å². The van der Waals surface area contributed by atoms with E-state index in [1.54, 1.807) is 31.2 Å². The van der Waals surface area contributed by atoms with E-state index in [1.807, 2.05) is 0 Å². The Hall–Kier alpha value is -2.81. The number of nitrogens with one attached hydrogen (secondary N) is 1. The molecule has 1 aliphatic rings. The van der Waals surface area contributed by atoms with Crippen LogP contribution in [0.2, 0.25) is 0 Å². The first-order chi connectivity index (χ1) is 13.2. The molecule has 0 fully saturated rings. The van der Waals surface area contributed by atoms with Gasteiger partial charge in [-0.1, -0.05) is 12.1 Å². The van der Waals surface area contributed by atoms with Gasteiger partial charge in [-0.15, -0.1) is 0 Å². The molecule has 0 radical (unpaired) electrons. The van der Waals surface area contributed by atoms with E-state index in [4.69, 9.17) is 9.47 Å². The van der Waals surface area contributed by atoms with E-state index >= 15 is 0 Å². The van der Waals surface area contributed by atoms with E-state index in [-0.39, 0.29) is 5.82 Å². The van der Waals surface area contributed by atoms with Gasteiger partial charge in [-0.2, -0.15) is 0 Å². The molecule has 1 heterocycles. The maximum atomic E-state index is 13.0. The van der Waals surface area contributed by atoms with Crippen LogP contribution in [0.1, 0.15) is 18.5 Å². The van der Waals surface area contributed by atoms with Crippen LogP contribution in [0.5, 0.6) is 11.5 Å². The van der Waals surface area contributed by atoms with Crippen LogP contribution in [-0.2, 0) is 14.8 Å². The Morgan fingerprint density at radius 2 is 1.79 bits per heavy atom. The number of anilines is 1. The quantitative estimate of drug-likeness (QED) is 0.793. The average Bonchev–Trinajstić information content (AvgIpc) is 2.65. The van der Waals surface area contributed by atoms with Gasteiger partial charge < -0.3 is 14.8 Å². The smallest absolute Gasteiger partial charge is 0.241 e. The molecule has 1 N–H and O–H groups in total. The van der Waals surface area contributed by atoms with Crippen LogP contribution in [0.4, 0.5) is 10.1 Å². The normalized spacial score (nSPS) is 14.2. The zero-order valence-corrected chi connectivity index (χ0v) is 16.3. The predicted octanol–water partition coefficient (Wildman–Crippen LogP) is 2.24. The lowest BCUT2D eigenvalue weighted by atomic mass is 10.1. The number of rotatable bonds is 6. The maximum Gasteiger partial charge on any atom is 0.241 e. The van der Waals surface area contributed by atoms with Crippen molar-refractivity contribution >= 4 is 21.6 Å². The van der Waals surface area contributed by atoms with Crippen molar-refractivity contribution in [1.82, 2.24) is 5.32 Å². The van der Waals surface area contributed by atoms with Gasteiger partial charge in [0.25, 0.3) is 0 Å². The maximum absolute atomic E-state index is 13.0. The van der Waals surface area contributed by atoms with Gasteiger partial charge in [-0.25, -0.2) is 12.8 Å². The molecule has 28 heavy (non-hydrogen) atoms. The Morgan fingerprint density at radius 3 is 2.43 bits per heavy atom. The molecule has 2 aromatic carbocycles. The SMILES string of the molecule is C[C@H](NC(=O)CN(c1ccc2c(c1)OCCO2)S(C)(=O)=O)c1ccc(F)cc1. The van der Waals surface area contributed by atoms with Gasteiger partial charge in [0.2, 0.25) is 15.9 Å². The van der Waals surface area contributed by atoms with E-state index in [0.717, 1.165) is 10.6 Å². The number of nitrogens with zero attached hydrogens (tertiary/aromatic N) is 1. The highest BCUT2D eigenvalue weighted by Gasteiger charge is 2.24. The number of halogens is 1. The number of sulfonamides is 1. The van der Waals surface area contributed by atoms with Gasteiger partial charge >= 0.3 is 0 Å². The van der Waals surface area contributed by atoms with Gasteiger partial charge in [0.1, 0.15) is 25.6 Å². The van der Waals surface area contributed by atoms with Crippen LogP contribution >= 0.6 is 0 Å². The fourth-order valence-corrected chi connectivity index (χ4v) is 3.69. The number of fused-ring (bicyclic) bond motifs is 1.